The predicted molar refractivity (Wildman–Crippen MR) is 158 cm³/mol. The second-order valence-corrected chi connectivity index (χ2v) is 16.7. The van der Waals surface area contributed by atoms with E-state index in [9.17, 15) is 27.6 Å². The summed E-state index contributed by atoms with van der Waals surface area (Å²) in [6.07, 6.45) is -7.02. The highest BCUT2D eigenvalue weighted by atomic mass is 28.4. The third-order valence-electron chi connectivity index (χ3n) is 7.29. The van der Waals surface area contributed by atoms with E-state index in [2.05, 4.69) is 36.6 Å². The first-order valence-electron chi connectivity index (χ1n) is 13.6. The molecule has 2 unspecified atom stereocenters. The molecule has 4 N–H and O–H groups in total. The third-order valence-corrected chi connectivity index (χ3v) is 11.7. The molecule has 43 heavy (non-hydrogen) atoms. The molecule has 2 atom stereocenters. The Morgan fingerprint density at radius 2 is 1.70 bits per heavy atom. The van der Waals surface area contributed by atoms with Gasteiger partial charge in [-0.2, -0.15) is 13.2 Å². The van der Waals surface area contributed by atoms with Crippen molar-refractivity contribution >= 4 is 31.9 Å². The first-order chi connectivity index (χ1) is 19.9. The molecule has 2 heterocycles. The molecule has 0 fully saturated rings. The number of aromatic amines is 1. The summed E-state index contributed by atoms with van der Waals surface area (Å²) in [5, 5.41) is 19.2. The number of hydrogen-bond acceptors (Lipinski definition) is 7. The Kier molecular flexibility index (Phi) is 10.2. The molecule has 2 aromatic heterocycles. The molecule has 0 saturated heterocycles. The fourth-order valence-corrected chi connectivity index (χ4v) is 5.24. The monoisotopic (exact) mass is 622 g/mol. The number of hydrogen-bond donors (Lipinski definition) is 4. The summed E-state index contributed by atoms with van der Waals surface area (Å²) in [7, 11) is -2.91. The zero-order chi connectivity index (χ0) is 32.2. The van der Waals surface area contributed by atoms with Gasteiger partial charge in [0.2, 0.25) is 11.9 Å². The maximum absolute atomic E-state index is 14.4. The highest BCUT2D eigenvalue weighted by molar-refractivity contribution is 6.74. The number of carbonyl (C=O) groups is 2. The minimum Gasteiger partial charge on any atom is -0.404 e. The maximum Gasteiger partial charge on any atom is 0.415 e. The first-order valence-corrected chi connectivity index (χ1v) is 16.5. The van der Waals surface area contributed by atoms with Crippen molar-refractivity contribution in [1.82, 2.24) is 30.5 Å². The third kappa shape index (κ3) is 8.50. The number of pyridine rings is 1. The number of benzene rings is 1. The molecule has 1 aromatic carbocycles. The molecule has 3 aromatic rings. The highest BCUT2D eigenvalue weighted by Gasteiger charge is 2.52. The van der Waals surface area contributed by atoms with Crippen LogP contribution in [0.2, 0.25) is 18.1 Å². The molecule has 12 nitrogen and oxygen atoms in total. The van der Waals surface area contributed by atoms with E-state index in [-0.39, 0.29) is 11.6 Å². The van der Waals surface area contributed by atoms with Crippen LogP contribution in [0, 0.1) is 5.92 Å². The molecular formula is C27H37F3N8O4Si. The number of anilines is 2. The lowest BCUT2D eigenvalue weighted by Crippen LogP contribution is -2.59. The van der Waals surface area contributed by atoms with Gasteiger partial charge in [0, 0.05) is 0 Å². The predicted octanol–water partition coefficient (Wildman–Crippen LogP) is 4.77. The second-order valence-electron chi connectivity index (χ2n) is 11.9. The van der Waals surface area contributed by atoms with Gasteiger partial charge in [-0.3, -0.25) is 19.5 Å². The van der Waals surface area contributed by atoms with Gasteiger partial charge in [-0.05, 0) is 52.2 Å². The summed E-state index contributed by atoms with van der Waals surface area (Å²) < 4.78 is 50.2. The number of alkyl halides is 3. The van der Waals surface area contributed by atoms with Crippen LogP contribution < -0.4 is 21.5 Å². The molecule has 3 amide bonds. The first kappa shape index (κ1) is 33.4. The summed E-state index contributed by atoms with van der Waals surface area (Å²) >= 11 is 0. The number of tetrazole rings is 1. The van der Waals surface area contributed by atoms with E-state index in [1.807, 2.05) is 20.8 Å². The number of halogens is 3. The van der Waals surface area contributed by atoms with Crippen molar-refractivity contribution in [2.24, 2.45) is 5.92 Å². The standard InChI is InChI=1S/C27H37F3N8O4Si/c1-16(2)21(22(27(28,29)30)42-43(6,7)26(3,4)5)32-20(39)15-38-19(17-11-9-8-10-12-17)14-13-18(23(38)40)31-25(41)33-24-34-36-37-35-24/h8-14,16,21-22H,15H2,1-7H3,(H,32,39)(H3,31,33,34,35,36,37,41). The fraction of sp³-hybridized carbons (Fsp3) is 0.481. The van der Waals surface area contributed by atoms with E-state index in [4.69, 9.17) is 4.43 Å². The Hall–Kier alpha value is -4.05. The topological polar surface area (TPSA) is 156 Å². The average molecular weight is 623 g/mol. The van der Waals surface area contributed by atoms with Crippen LogP contribution in [-0.4, -0.2) is 63.8 Å². The van der Waals surface area contributed by atoms with E-state index in [1.54, 1.807) is 57.3 Å². The fourth-order valence-electron chi connectivity index (χ4n) is 3.97. The van der Waals surface area contributed by atoms with Gasteiger partial charge in [-0.25, -0.2) is 9.89 Å². The van der Waals surface area contributed by atoms with Gasteiger partial charge in [0.15, 0.2) is 14.4 Å². The molecule has 0 aliphatic heterocycles. The molecule has 0 saturated carbocycles. The quantitative estimate of drug-likeness (QED) is 0.238. The normalized spacial score (nSPS) is 13.8. The number of rotatable bonds is 10. The number of H-pyrrole nitrogens is 1. The van der Waals surface area contributed by atoms with Gasteiger partial charge in [-0.1, -0.05) is 70.0 Å². The van der Waals surface area contributed by atoms with Crippen LogP contribution in [0.3, 0.4) is 0 Å². The molecule has 16 heteroatoms. The Balaban J connectivity index is 1.95. The van der Waals surface area contributed by atoms with Gasteiger partial charge in [0.25, 0.3) is 5.56 Å². The van der Waals surface area contributed by atoms with Crippen LogP contribution in [-0.2, 0) is 15.8 Å². The van der Waals surface area contributed by atoms with Gasteiger partial charge < -0.3 is 15.1 Å². The lowest BCUT2D eigenvalue weighted by atomic mass is 9.98. The molecule has 0 radical (unpaired) electrons. The molecular weight excluding hydrogens is 585 g/mol. The second kappa shape index (κ2) is 13.1. The molecule has 0 aliphatic carbocycles. The summed E-state index contributed by atoms with van der Waals surface area (Å²) in [5.74, 6) is -1.56. The molecule has 234 valence electrons. The van der Waals surface area contributed by atoms with Crippen molar-refractivity contribution in [2.45, 2.75) is 77.6 Å². The number of urea groups is 1. The van der Waals surface area contributed by atoms with Crippen LogP contribution in [0.1, 0.15) is 34.6 Å². The van der Waals surface area contributed by atoms with Gasteiger partial charge in [0.05, 0.1) is 11.7 Å². The van der Waals surface area contributed by atoms with Crippen LogP contribution >= 0.6 is 0 Å². The summed E-state index contributed by atoms with van der Waals surface area (Å²) in [4.78, 5) is 39.3. The minimum absolute atomic E-state index is 0.0722. The Morgan fingerprint density at radius 3 is 2.23 bits per heavy atom. The minimum atomic E-state index is -4.76. The van der Waals surface area contributed by atoms with E-state index in [0.29, 0.717) is 11.3 Å². The smallest absolute Gasteiger partial charge is 0.404 e. The molecule has 0 aliphatic rings. The molecule has 3 rings (SSSR count). The number of nitrogens with one attached hydrogen (secondary N) is 4. The summed E-state index contributed by atoms with van der Waals surface area (Å²) in [6.45, 7) is 11.4. The largest absolute Gasteiger partial charge is 0.415 e. The summed E-state index contributed by atoms with van der Waals surface area (Å²) in [5.41, 5.74) is -0.0521. The Labute approximate surface area is 247 Å². The molecule has 0 spiro atoms. The highest BCUT2D eigenvalue weighted by Crippen LogP contribution is 2.41. The van der Waals surface area contributed by atoms with Crippen LogP contribution in [0.5, 0.6) is 0 Å². The Morgan fingerprint density at radius 1 is 1.05 bits per heavy atom. The van der Waals surface area contributed by atoms with E-state index < -0.39 is 61.6 Å². The maximum atomic E-state index is 14.4. The van der Waals surface area contributed by atoms with Crippen molar-refractivity contribution in [3.05, 3.63) is 52.8 Å². The number of aromatic nitrogens is 5. The Bertz CT molecular complexity index is 1460. The van der Waals surface area contributed by atoms with Gasteiger partial charge >= 0.3 is 12.2 Å². The lowest BCUT2D eigenvalue weighted by Gasteiger charge is -2.42. The SMILES string of the molecule is CC(C)C(NC(=O)Cn1c(-c2ccccc2)ccc(NC(=O)Nc2nnn[nH]2)c1=O)C(O[Si](C)(C)C(C)(C)C)C(F)(F)F. The van der Waals surface area contributed by atoms with Crippen molar-refractivity contribution in [3.8, 4) is 11.3 Å². The van der Waals surface area contributed by atoms with E-state index in [0.717, 1.165) is 4.57 Å². The van der Waals surface area contributed by atoms with E-state index in [1.165, 1.54) is 12.1 Å². The van der Waals surface area contributed by atoms with E-state index >= 15 is 0 Å². The van der Waals surface area contributed by atoms with Gasteiger partial charge in [-0.15, -0.1) is 0 Å². The zero-order valence-corrected chi connectivity index (χ0v) is 26.0. The van der Waals surface area contributed by atoms with Crippen LogP contribution in [0.4, 0.5) is 29.6 Å². The van der Waals surface area contributed by atoms with Crippen molar-refractivity contribution in [2.75, 3.05) is 10.6 Å². The van der Waals surface area contributed by atoms with Crippen molar-refractivity contribution in [3.63, 3.8) is 0 Å². The van der Waals surface area contributed by atoms with Gasteiger partial charge in [0.1, 0.15) is 12.2 Å². The zero-order valence-electron chi connectivity index (χ0n) is 25.0. The summed E-state index contributed by atoms with van der Waals surface area (Å²) in [6, 6.07) is 9.27. The van der Waals surface area contributed by atoms with Crippen LogP contribution in [0.25, 0.3) is 11.3 Å². The number of amides is 3. The lowest BCUT2D eigenvalue weighted by molar-refractivity contribution is -0.210. The van der Waals surface area contributed by atoms with Crippen molar-refractivity contribution < 1.29 is 27.2 Å². The number of carbonyl (C=O) groups excluding carboxylic acids is 2. The average Bonchev–Trinajstić information content (AvgIpc) is 3.40. The molecule has 0 bridgehead atoms. The number of nitrogens with zero attached hydrogens (tertiary/aromatic N) is 4. The van der Waals surface area contributed by atoms with Crippen molar-refractivity contribution in [1.29, 1.82) is 0 Å². The van der Waals surface area contributed by atoms with Crippen LogP contribution in [0.15, 0.2) is 47.3 Å².